The minimum Gasteiger partial charge on any atom is -0.282 e. The molecule has 0 aliphatic carbocycles. The summed E-state index contributed by atoms with van der Waals surface area (Å²) in [5, 5.41) is 8.63. The molecule has 1 rings (SSSR count). The van der Waals surface area contributed by atoms with Crippen molar-refractivity contribution in [2.75, 3.05) is 11.0 Å². The van der Waals surface area contributed by atoms with Gasteiger partial charge in [-0.25, -0.2) is 8.42 Å². The number of sulfonamides is 1. The Hall–Kier alpha value is -1.54. The number of nitrogens with zero attached hydrogens (tertiary/aromatic N) is 1. The predicted molar refractivity (Wildman–Crippen MR) is 49.6 cm³/mol. The van der Waals surface area contributed by atoms with Gasteiger partial charge in [-0.05, 0) is 12.1 Å². The molecule has 0 fully saturated rings. The van der Waals surface area contributed by atoms with E-state index in [1.54, 1.807) is 24.3 Å². The molecule has 0 saturated carbocycles. The molecule has 0 aliphatic heterocycles. The Morgan fingerprint density at radius 2 is 2.00 bits per heavy atom. The highest BCUT2D eigenvalue weighted by molar-refractivity contribution is 7.92. The summed E-state index contributed by atoms with van der Waals surface area (Å²) in [6.45, 7) is 0. The maximum absolute atomic E-state index is 10.8. The van der Waals surface area contributed by atoms with E-state index in [2.05, 4.69) is 4.72 Å². The Morgan fingerprint density at radius 3 is 2.54 bits per heavy atom. The highest BCUT2D eigenvalue weighted by atomic mass is 32.2. The molecule has 0 saturated heterocycles. The molecule has 1 N–H and O–H groups in total. The standard InChI is InChI=1S/C8H8N2O2S/c1-13(11,12)10-8-5-3-2-4-7(8)6-9/h2-5,10H,1H3. The largest absolute Gasteiger partial charge is 0.282 e. The summed E-state index contributed by atoms with van der Waals surface area (Å²) in [5.41, 5.74) is 0.625. The van der Waals surface area contributed by atoms with Crippen LogP contribution in [0.5, 0.6) is 0 Å². The van der Waals surface area contributed by atoms with Gasteiger partial charge in [-0.3, -0.25) is 4.72 Å². The molecule has 0 amide bonds. The first kappa shape index (κ1) is 9.55. The second-order valence-electron chi connectivity index (χ2n) is 2.53. The van der Waals surface area contributed by atoms with Gasteiger partial charge < -0.3 is 0 Å². The molecule has 13 heavy (non-hydrogen) atoms. The van der Waals surface area contributed by atoms with Gasteiger partial charge in [0.1, 0.15) is 6.07 Å². The van der Waals surface area contributed by atoms with Crippen LogP contribution in [-0.4, -0.2) is 14.7 Å². The minimum absolute atomic E-state index is 0.313. The van der Waals surface area contributed by atoms with Gasteiger partial charge in [0.05, 0.1) is 17.5 Å². The van der Waals surface area contributed by atoms with Crippen molar-refractivity contribution in [2.45, 2.75) is 0 Å². The number of nitriles is 1. The van der Waals surface area contributed by atoms with Gasteiger partial charge in [0.15, 0.2) is 0 Å². The lowest BCUT2D eigenvalue weighted by Gasteiger charge is -2.04. The van der Waals surface area contributed by atoms with Crippen molar-refractivity contribution in [3.05, 3.63) is 29.8 Å². The number of para-hydroxylation sites is 1. The minimum atomic E-state index is -3.31. The van der Waals surface area contributed by atoms with Gasteiger partial charge in [0.25, 0.3) is 0 Å². The quantitative estimate of drug-likeness (QED) is 0.764. The second kappa shape index (κ2) is 3.46. The maximum atomic E-state index is 10.8. The molecule has 4 nitrogen and oxygen atoms in total. The zero-order valence-electron chi connectivity index (χ0n) is 6.98. The zero-order chi connectivity index (χ0) is 9.90. The Morgan fingerprint density at radius 1 is 1.38 bits per heavy atom. The fourth-order valence-electron chi connectivity index (χ4n) is 0.869. The van der Waals surface area contributed by atoms with Crippen molar-refractivity contribution in [1.82, 2.24) is 0 Å². The second-order valence-corrected chi connectivity index (χ2v) is 4.28. The molecule has 1 aromatic rings. The van der Waals surface area contributed by atoms with Crippen molar-refractivity contribution in [2.24, 2.45) is 0 Å². The van der Waals surface area contributed by atoms with Crippen molar-refractivity contribution in [3.63, 3.8) is 0 Å². The monoisotopic (exact) mass is 196 g/mol. The van der Waals surface area contributed by atoms with Crippen LogP contribution in [-0.2, 0) is 10.0 Å². The molecule has 0 bridgehead atoms. The Labute approximate surface area is 76.9 Å². The van der Waals surface area contributed by atoms with Gasteiger partial charge in [-0.1, -0.05) is 12.1 Å². The van der Waals surface area contributed by atoms with Crippen LogP contribution in [0.25, 0.3) is 0 Å². The lowest BCUT2D eigenvalue weighted by molar-refractivity contribution is 0.607. The van der Waals surface area contributed by atoms with Crippen LogP contribution in [0.15, 0.2) is 24.3 Å². The summed E-state index contributed by atoms with van der Waals surface area (Å²) in [6, 6.07) is 8.32. The van der Waals surface area contributed by atoms with E-state index in [4.69, 9.17) is 5.26 Å². The molecule has 5 heteroatoms. The molecular formula is C8H8N2O2S. The third-order valence-electron chi connectivity index (χ3n) is 1.34. The molecule has 0 radical (unpaired) electrons. The average Bonchev–Trinajstić information content (AvgIpc) is 2.02. The maximum Gasteiger partial charge on any atom is 0.229 e. The molecule has 0 aliphatic rings. The third-order valence-corrected chi connectivity index (χ3v) is 1.93. The van der Waals surface area contributed by atoms with E-state index in [0.717, 1.165) is 6.26 Å². The van der Waals surface area contributed by atoms with Crippen LogP contribution in [0.4, 0.5) is 5.69 Å². The summed E-state index contributed by atoms with van der Waals surface area (Å²) in [6.07, 6.45) is 1.04. The fraction of sp³-hybridized carbons (Fsp3) is 0.125. The summed E-state index contributed by atoms with van der Waals surface area (Å²) in [7, 11) is -3.31. The van der Waals surface area contributed by atoms with E-state index in [0.29, 0.717) is 11.3 Å². The lowest BCUT2D eigenvalue weighted by Crippen LogP contribution is -2.10. The number of anilines is 1. The van der Waals surface area contributed by atoms with Crippen LogP contribution in [0.1, 0.15) is 5.56 Å². The summed E-state index contributed by atoms with van der Waals surface area (Å²) >= 11 is 0. The van der Waals surface area contributed by atoms with Gasteiger partial charge >= 0.3 is 0 Å². The van der Waals surface area contributed by atoms with E-state index < -0.39 is 10.0 Å². The normalized spacial score (nSPS) is 10.5. The number of benzene rings is 1. The number of hydrogen-bond donors (Lipinski definition) is 1. The van der Waals surface area contributed by atoms with Crippen molar-refractivity contribution < 1.29 is 8.42 Å². The molecule has 0 heterocycles. The van der Waals surface area contributed by atoms with Gasteiger partial charge in [0, 0.05) is 0 Å². The Kier molecular flexibility index (Phi) is 2.54. The first-order valence-corrected chi connectivity index (χ1v) is 5.39. The van der Waals surface area contributed by atoms with Crippen molar-refractivity contribution in [1.29, 1.82) is 5.26 Å². The van der Waals surface area contributed by atoms with Crippen LogP contribution < -0.4 is 4.72 Å². The van der Waals surface area contributed by atoms with E-state index >= 15 is 0 Å². The topological polar surface area (TPSA) is 70.0 Å². The van der Waals surface area contributed by atoms with E-state index in [1.165, 1.54) is 0 Å². The van der Waals surface area contributed by atoms with Gasteiger partial charge in [-0.2, -0.15) is 5.26 Å². The predicted octanol–water partition coefficient (Wildman–Crippen LogP) is 0.930. The highest BCUT2D eigenvalue weighted by Crippen LogP contribution is 2.14. The number of hydrogen-bond acceptors (Lipinski definition) is 3. The lowest BCUT2D eigenvalue weighted by atomic mass is 10.2. The van der Waals surface area contributed by atoms with Crippen LogP contribution in [0.3, 0.4) is 0 Å². The molecule has 0 atom stereocenters. The van der Waals surface area contributed by atoms with Crippen LogP contribution in [0.2, 0.25) is 0 Å². The summed E-state index contributed by atoms with van der Waals surface area (Å²) in [5.74, 6) is 0. The number of nitrogens with one attached hydrogen (secondary N) is 1. The first-order valence-electron chi connectivity index (χ1n) is 3.50. The number of rotatable bonds is 2. The highest BCUT2D eigenvalue weighted by Gasteiger charge is 2.05. The summed E-state index contributed by atoms with van der Waals surface area (Å²) < 4.78 is 23.9. The first-order chi connectivity index (χ1) is 6.03. The third kappa shape index (κ3) is 2.76. The molecule has 1 aromatic carbocycles. The van der Waals surface area contributed by atoms with E-state index in [-0.39, 0.29) is 0 Å². The molecule has 0 unspecified atom stereocenters. The molecule has 0 aromatic heterocycles. The fourth-order valence-corrected chi connectivity index (χ4v) is 1.45. The Bertz CT molecular complexity index is 445. The zero-order valence-corrected chi connectivity index (χ0v) is 7.80. The molecule has 68 valence electrons. The SMILES string of the molecule is CS(=O)(=O)Nc1ccccc1C#N. The molecular weight excluding hydrogens is 188 g/mol. The van der Waals surface area contributed by atoms with Crippen molar-refractivity contribution >= 4 is 15.7 Å². The summed E-state index contributed by atoms with van der Waals surface area (Å²) in [4.78, 5) is 0. The van der Waals surface area contributed by atoms with Crippen LogP contribution in [0, 0.1) is 11.3 Å². The van der Waals surface area contributed by atoms with E-state index in [1.807, 2.05) is 6.07 Å². The smallest absolute Gasteiger partial charge is 0.229 e. The van der Waals surface area contributed by atoms with Gasteiger partial charge in [-0.15, -0.1) is 0 Å². The Balaban J connectivity index is 3.10. The van der Waals surface area contributed by atoms with Gasteiger partial charge in [0.2, 0.25) is 10.0 Å². The average molecular weight is 196 g/mol. The van der Waals surface area contributed by atoms with Crippen LogP contribution >= 0.6 is 0 Å². The van der Waals surface area contributed by atoms with Crippen molar-refractivity contribution in [3.8, 4) is 6.07 Å². The van der Waals surface area contributed by atoms with E-state index in [9.17, 15) is 8.42 Å². The molecule has 0 spiro atoms.